The van der Waals surface area contributed by atoms with Crippen molar-refractivity contribution in [1.29, 1.82) is 0 Å². The van der Waals surface area contributed by atoms with Gasteiger partial charge in [-0.2, -0.15) is 0 Å². The fourth-order valence-corrected chi connectivity index (χ4v) is 5.51. The Labute approximate surface area is 200 Å². The van der Waals surface area contributed by atoms with E-state index in [1.165, 1.54) is 47.9 Å². The van der Waals surface area contributed by atoms with Crippen LogP contribution in [0.5, 0.6) is 0 Å². The van der Waals surface area contributed by atoms with Gasteiger partial charge in [-0.1, -0.05) is 76.9 Å². The van der Waals surface area contributed by atoms with Gasteiger partial charge in [-0.05, 0) is 89.2 Å². The molecule has 0 heterocycles. The Morgan fingerprint density at radius 3 is 2.12 bits per heavy atom. The summed E-state index contributed by atoms with van der Waals surface area (Å²) in [6.07, 6.45) is 9.60. The van der Waals surface area contributed by atoms with Crippen molar-refractivity contribution in [2.75, 3.05) is 0 Å². The summed E-state index contributed by atoms with van der Waals surface area (Å²) in [6.45, 7) is 8.49. The van der Waals surface area contributed by atoms with Crippen molar-refractivity contribution < 1.29 is 15.3 Å². The van der Waals surface area contributed by atoms with Crippen LogP contribution in [0.15, 0.2) is 36.4 Å². The highest BCUT2D eigenvalue weighted by atomic mass is 16.3. The van der Waals surface area contributed by atoms with E-state index in [4.69, 9.17) is 0 Å². The first kappa shape index (κ1) is 25.9. The standard InChI is InChI=1S/C30H44O3/c1-5-23-19-27(12-10-24(23)11-13-28(33)29(2,3)4)30(15-6-7-16-30)17-14-22-8-9-25(20-31)26(18-22)21-32/h8-10,12,18-19,28,31-33H,5-7,11,13-17,20-21H2,1-4H3. The molecule has 1 atom stereocenters. The van der Waals surface area contributed by atoms with Gasteiger partial charge in [0.25, 0.3) is 0 Å². The Hall–Kier alpha value is -1.68. The Morgan fingerprint density at radius 2 is 1.52 bits per heavy atom. The third kappa shape index (κ3) is 6.26. The molecule has 2 aromatic rings. The lowest BCUT2D eigenvalue weighted by Gasteiger charge is -2.31. The molecule has 0 amide bonds. The number of aryl methyl sites for hydroxylation is 3. The molecule has 0 saturated heterocycles. The normalized spacial score (nSPS) is 16.8. The Bertz CT molecular complexity index is 903. The molecule has 0 aromatic heterocycles. The van der Waals surface area contributed by atoms with Gasteiger partial charge in [0.15, 0.2) is 0 Å². The summed E-state index contributed by atoms with van der Waals surface area (Å²) in [5.74, 6) is 0. The number of aliphatic hydroxyl groups is 3. The van der Waals surface area contributed by atoms with E-state index in [1.807, 2.05) is 6.07 Å². The van der Waals surface area contributed by atoms with Crippen LogP contribution < -0.4 is 0 Å². The van der Waals surface area contributed by atoms with Gasteiger partial charge >= 0.3 is 0 Å². The third-order valence-corrected chi connectivity index (χ3v) is 7.95. The fraction of sp³-hybridized carbons (Fsp3) is 0.600. The van der Waals surface area contributed by atoms with Crippen LogP contribution in [0.2, 0.25) is 0 Å². The highest BCUT2D eigenvalue weighted by Crippen LogP contribution is 2.45. The van der Waals surface area contributed by atoms with Crippen LogP contribution in [0, 0.1) is 5.41 Å². The third-order valence-electron chi connectivity index (χ3n) is 7.95. The van der Waals surface area contributed by atoms with E-state index in [-0.39, 0.29) is 30.1 Å². The molecule has 3 N–H and O–H groups in total. The van der Waals surface area contributed by atoms with Gasteiger partial charge in [0.05, 0.1) is 19.3 Å². The molecular weight excluding hydrogens is 408 g/mol. The summed E-state index contributed by atoms with van der Waals surface area (Å²) < 4.78 is 0. The van der Waals surface area contributed by atoms with Crippen LogP contribution in [0.4, 0.5) is 0 Å². The summed E-state index contributed by atoms with van der Waals surface area (Å²) in [5, 5.41) is 29.6. The molecule has 2 aromatic carbocycles. The molecule has 0 radical (unpaired) electrons. The van der Waals surface area contributed by atoms with Gasteiger partial charge in [-0.15, -0.1) is 0 Å². The Balaban J connectivity index is 1.78. The van der Waals surface area contributed by atoms with E-state index in [0.717, 1.165) is 43.2 Å². The maximum Gasteiger partial charge on any atom is 0.0685 e. The molecule has 1 aliphatic carbocycles. The summed E-state index contributed by atoms with van der Waals surface area (Å²) in [6, 6.07) is 13.3. The first-order valence-corrected chi connectivity index (χ1v) is 12.8. The average molecular weight is 453 g/mol. The van der Waals surface area contributed by atoms with Gasteiger partial charge in [0, 0.05) is 0 Å². The van der Waals surface area contributed by atoms with Crippen molar-refractivity contribution in [1.82, 2.24) is 0 Å². The minimum atomic E-state index is -0.288. The molecule has 3 heteroatoms. The maximum absolute atomic E-state index is 10.5. The molecular formula is C30H44O3. The summed E-state index contributed by atoms with van der Waals surface area (Å²) in [4.78, 5) is 0. The van der Waals surface area contributed by atoms with E-state index in [0.29, 0.717) is 0 Å². The van der Waals surface area contributed by atoms with Gasteiger partial charge in [-0.25, -0.2) is 0 Å². The van der Waals surface area contributed by atoms with Gasteiger partial charge in [0.2, 0.25) is 0 Å². The number of hydrogen-bond acceptors (Lipinski definition) is 3. The van der Waals surface area contributed by atoms with Crippen LogP contribution in [0.1, 0.15) is 99.6 Å². The smallest absolute Gasteiger partial charge is 0.0685 e. The van der Waals surface area contributed by atoms with Gasteiger partial charge < -0.3 is 15.3 Å². The van der Waals surface area contributed by atoms with Crippen molar-refractivity contribution in [3.8, 4) is 0 Å². The van der Waals surface area contributed by atoms with Gasteiger partial charge in [-0.3, -0.25) is 0 Å². The zero-order chi connectivity index (χ0) is 24.1. The fourth-order valence-electron chi connectivity index (χ4n) is 5.51. The molecule has 1 unspecified atom stereocenters. The molecule has 0 aliphatic heterocycles. The molecule has 3 rings (SSSR count). The zero-order valence-corrected chi connectivity index (χ0v) is 21.2. The summed E-state index contributed by atoms with van der Waals surface area (Å²) >= 11 is 0. The largest absolute Gasteiger partial charge is 0.393 e. The SMILES string of the molecule is CCc1cc(C2(CCc3ccc(CO)c(CO)c3)CCCC2)ccc1CCC(O)C(C)(C)C. The van der Waals surface area contributed by atoms with Crippen molar-refractivity contribution in [3.63, 3.8) is 0 Å². The van der Waals surface area contributed by atoms with E-state index < -0.39 is 0 Å². The molecule has 182 valence electrons. The van der Waals surface area contributed by atoms with Crippen molar-refractivity contribution in [3.05, 3.63) is 69.8 Å². The van der Waals surface area contributed by atoms with Crippen LogP contribution >= 0.6 is 0 Å². The van der Waals surface area contributed by atoms with E-state index in [2.05, 4.69) is 58.0 Å². The van der Waals surface area contributed by atoms with E-state index in [1.54, 1.807) is 0 Å². The lowest BCUT2D eigenvalue weighted by atomic mass is 9.73. The Morgan fingerprint density at radius 1 is 0.848 bits per heavy atom. The van der Waals surface area contributed by atoms with E-state index in [9.17, 15) is 15.3 Å². The maximum atomic E-state index is 10.5. The molecule has 33 heavy (non-hydrogen) atoms. The second kappa shape index (κ2) is 11.2. The van der Waals surface area contributed by atoms with Gasteiger partial charge in [0.1, 0.15) is 0 Å². The lowest BCUT2D eigenvalue weighted by Crippen LogP contribution is -2.26. The first-order chi connectivity index (χ1) is 15.7. The summed E-state index contributed by atoms with van der Waals surface area (Å²) in [5.41, 5.74) is 7.33. The monoisotopic (exact) mass is 452 g/mol. The minimum absolute atomic E-state index is 0.0277. The molecule has 0 spiro atoms. The topological polar surface area (TPSA) is 60.7 Å². The van der Waals surface area contributed by atoms with Crippen LogP contribution in [-0.4, -0.2) is 21.4 Å². The van der Waals surface area contributed by atoms with E-state index >= 15 is 0 Å². The molecule has 3 nitrogen and oxygen atoms in total. The van der Waals surface area contributed by atoms with Crippen molar-refractivity contribution >= 4 is 0 Å². The van der Waals surface area contributed by atoms with Crippen LogP contribution in [0.3, 0.4) is 0 Å². The molecule has 0 bridgehead atoms. The molecule has 1 aliphatic rings. The highest BCUT2D eigenvalue weighted by molar-refractivity contribution is 5.38. The number of aliphatic hydroxyl groups excluding tert-OH is 3. The van der Waals surface area contributed by atoms with Crippen molar-refractivity contribution in [2.45, 2.75) is 110 Å². The quantitative estimate of drug-likeness (QED) is 0.413. The van der Waals surface area contributed by atoms with Crippen LogP contribution in [-0.2, 0) is 37.9 Å². The van der Waals surface area contributed by atoms with Crippen molar-refractivity contribution in [2.24, 2.45) is 5.41 Å². The Kier molecular flexibility index (Phi) is 8.77. The lowest BCUT2D eigenvalue weighted by molar-refractivity contribution is 0.0559. The van der Waals surface area contributed by atoms with Crippen LogP contribution in [0.25, 0.3) is 0 Å². The first-order valence-electron chi connectivity index (χ1n) is 12.8. The number of rotatable bonds is 10. The average Bonchev–Trinajstić information content (AvgIpc) is 3.30. The predicted molar refractivity (Wildman–Crippen MR) is 136 cm³/mol. The zero-order valence-electron chi connectivity index (χ0n) is 21.2. The predicted octanol–water partition coefficient (Wildman–Crippen LogP) is 6.02. The molecule has 1 saturated carbocycles. The number of benzene rings is 2. The number of hydrogen-bond donors (Lipinski definition) is 3. The second-order valence-corrected chi connectivity index (χ2v) is 11.2. The minimum Gasteiger partial charge on any atom is -0.393 e. The summed E-state index contributed by atoms with van der Waals surface area (Å²) in [7, 11) is 0. The highest BCUT2D eigenvalue weighted by Gasteiger charge is 2.35. The molecule has 1 fully saturated rings. The second-order valence-electron chi connectivity index (χ2n) is 11.2.